The minimum Gasteiger partial charge on any atom is -0.322 e. The molecule has 0 unspecified atom stereocenters. The number of carbonyl (C=O) groups is 1. The number of sulfonamides is 1. The molecule has 0 radical (unpaired) electrons. The van der Waals surface area contributed by atoms with Crippen molar-refractivity contribution in [2.24, 2.45) is 0 Å². The molecule has 0 fully saturated rings. The van der Waals surface area contributed by atoms with Crippen LogP contribution in [0, 0.1) is 11.6 Å². The molecule has 0 saturated carbocycles. The maximum Gasteiger partial charge on any atom is 0.248 e. The Bertz CT molecular complexity index is 842. The summed E-state index contributed by atoms with van der Waals surface area (Å²) in [6.07, 6.45) is 0.974. The minimum atomic E-state index is -3.75. The van der Waals surface area contributed by atoms with Gasteiger partial charge in [0.25, 0.3) is 0 Å². The van der Waals surface area contributed by atoms with E-state index in [0.29, 0.717) is 11.8 Å². The molecule has 0 aromatic heterocycles. The van der Waals surface area contributed by atoms with Crippen LogP contribution >= 0.6 is 0 Å². The number of hydrogen-bond acceptors (Lipinski definition) is 3. The first-order valence-corrected chi connectivity index (χ1v) is 8.85. The van der Waals surface area contributed by atoms with Crippen LogP contribution in [-0.2, 0) is 14.8 Å². The predicted molar refractivity (Wildman–Crippen MR) is 88.2 cm³/mol. The van der Waals surface area contributed by atoms with Gasteiger partial charge in [0.15, 0.2) is 0 Å². The van der Waals surface area contributed by atoms with Crippen LogP contribution in [-0.4, -0.2) is 26.6 Å². The van der Waals surface area contributed by atoms with Gasteiger partial charge >= 0.3 is 0 Å². The van der Waals surface area contributed by atoms with Crippen molar-refractivity contribution in [3.05, 3.63) is 60.2 Å². The molecule has 1 N–H and O–H groups in total. The zero-order chi connectivity index (χ0) is 17.9. The summed E-state index contributed by atoms with van der Waals surface area (Å²) in [5.74, 6) is -2.46. The molecule has 0 bridgehead atoms. The molecule has 0 spiro atoms. The summed E-state index contributed by atoms with van der Waals surface area (Å²) in [7, 11) is -3.75. The van der Waals surface area contributed by atoms with Crippen molar-refractivity contribution in [2.45, 2.75) is 13.0 Å². The Morgan fingerprint density at radius 3 is 2.29 bits per heavy atom. The van der Waals surface area contributed by atoms with E-state index in [2.05, 4.69) is 5.32 Å². The molecule has 24 heavy (non-hydrogen) atoms. The van der Waals surface area contributed by atoms with E-state index in [4.69, 9.17) is 0 Å². The van der Waals surface area contributed by atoms with Crippen LogP contribution in [0.3, 0.4) is 0 Å². The fourth-order valence-corrected chi connectivity index (χ4v) is 3.39. The quantitative estimate of drug-likeness (QED) is 0.898. The van der Waals surface area contributed by atoms with Crippen LogP contribution in [0.2, 0.25) is 0 Å². The van der Waals surface area contributed by atoms with Crippen LogP contribution in [0.25, 0.3) is 0 Å². The largest absolute Gasteiger partial charge is 0.322 e. The third kappa shape index (κ3) is 4.08. The van der Waals surface area contributed by atoms with Gasteiger partial charge in [0.2, 0.25) is 15.9 Å². The van der Waals surface area contributed by atoms with Gasteiger partial charge in [-0.05, 0) is 31.2 Å². The van der Waals surface area contributed by atoms with Crippen molar-refractivity contribution in [2.75, 3.05) is 15.9 Å². The smallest absolute Gasteiger partial charge is 0.248 e. The van der Waals surface area contributed by atoms with E-state index in [9.17, 15) is 22.0 Å². The Labute approximate surface area is 139 Å². The molecule has 0 aliphatic carbocycles. The summed E-state index contributed by atoms with van der Waals surface area (Å²) in [5, 5.41) is 2.27. The second-order valence-corrected chi connectivity index (χ2v) is 7.04. The summed E-state index contributed by atoms with van der Waals surface area (Å²) in [4.78, 5) is 12.3. The summed E-state index contributed by atoms with van der Waals surface area (Å²) < 4.78 is 51.6. The highest BCUT2D eigenvalue weighted by atomic mass is 32.2. The Hall–Kier alpha value is -2.48. The fourth-order valence-electron chi connectivity index (χ4n) is 2.21. The number of amides is 1. The standard InChI is InChI=1S/C16H16F2N2O3S/c1-11(16(21)19-15-9-8-12(17)10-14(15)18)20(24(2,22)23)13-6-4-3-5-7-13/h3-11H,1-2H3,(H,19,21)/t11-/m0/s1. The van der Waals surface area contributed by atoms with Crippen molar-refractivity contribution >= 4 is 27.3 Å². The average molecular weight is 354 g/mol. The SMILES string of the molecule is C[C@@H](C(=O)Nc1ccc(F)cc1F)N(c1ccccc1)S(C)(=O)=O. The Kier molecular flexibility index (Phi) is 5.18. The highest BCUT2D eigenvalue weighted by Crippen LogP contribution is 2.22. The van der Waals surface area contributed by atoms with Crippen LogP contribution in [0.4, 0.5) is 20.2 Å². The average Bonchev–Trinajstić information content (AvgIpc) is 2.49. The first-order chi connectivity index (χ1) is 11.2. The highest BCUT2D eigenvalue weighted by molar-refractivity contribution is 7.92. The molecule has 128 valence electrons. The molecule has 5 nitrogen and oxygen atoms in total. The highest BCUT2D eigenvalue weighted by Gasteiger charge is 2.29. The molecular formula is C16H16F2N2O3S. The maximum atomic E-state index is 13.6. The van der Waals surface area contributed by atoms with E-state index in [0.717, 1.165) is 22.7 Å². The number of hydrogen-bond donors (Lipinski definition) is 1. The van der Waals surface area contributed by atoms with Crippen molar-refractivity contribution < 1.29 is 22.0 Å². The van der Waals surface area contributed by atoms with Gasteiger partial charge in [0.05, 0.1) is 17.6 Å². The monoisotopic (exact) mass is 354 g/mol. The van der Waals surface area contributed by atoms with Gasteiger partial charge in [-0.1, -0.05) is 18.2 Å². The summed E-state index contributed by atoms with van der Waals surface area (Å²) >= 11 is 0. The van der Waals surface area contributed by atoms with Gasteiger partial charge in [-0.25, -0.2) is 17.2 Å². The number of benzene rings is 2. The van der Waals surface area contributed by atoms with Gasteiger partial charge < -0.3 is 5.32 Å². The number of nitrogens with zero attached hydrogens (tertiary/aromatic N) is 1. The van der Waals surface area contributed by atoms with E-state index in [1.807, 2.05) is 0 Å². The maximum absolute atomic E-state index is 13.6. The lowest BCUT2D eigenvalue weighted by Crippen LogP contribution is -2.45. The van der Waals surface area contributed by atoms with Crippen molar-refractivity contribution in [1.82, 2.24) is 0 Å². The molecule has 2 aromatic carbocycles. The molecule has 1 atom stereocenters. The van der Waals surface area contributed by atoms with Crippen LogP contribution in [0.5, 0.6) is 0 Å². The topological polar surface area (TPSA) is 66.5 Å². The number of nitrogens with one attached hydrogen (secondary N) is 1. The third-order valence-electron chi connectivity index (χ3n) is 3.29. The van der Waals surface area contributed by atoms with Gasteiger partial charge in [-0.15, -0.1) is 0 Å². The number of carbonyl (C=O) groups excluding carboxylic acids is 1. The van der Waals surface area contributed by atoms with E-state index in [1.165, 1.54) is 6.92 Å². The Balaban J connectivity index is 2.29. The fraction of sp³-hybridized carbons (Fsp3) is 0.188. The van der Waals surface area contributed by atoms with Crippen LogP contribution in [0.1, 0.15) is 6.92 Å². The lowest BCUT2D eigenvalue weighted by molar-refractivity contribution is -0.116. The molecule has 2 rings (SSSR count). The predicted octanol–water partition coefficient (Wildman–Crippen LogP) is 2.76. The van der Waals surface area contributed by atoms with E-state index < -0.39 is 33.6 Å². The number of halogens is 2. The Morgan fingerprint density at radius 1 is 1.12 bits per heavy atom. The zero-order valence-corrected chi connectivity index (χ0v) is 13.8. The van der Waals surface area contributed by atoms with Gasteiger partial charge in [-0.2, -0.15) is 0 Å². The normalized spacial score (nSPS) is 12.5. The van der Waals surface area contributed by atoms with E-state index >= 15 is 0 Å². The second-order valence-electron chi connectivity index (χ2n) is 5.18. The molecule has 0 heterocycles. The molecule has 2 aromatic rings. The lowest BCUT2D eigenvalue weighted by Gasteiger charge is -2.28. The molecule has 0 aliphatic heterocycles. The Morgan fingerprint density at radius 2 is 1.75 bits per heavy atom. The zero-order valence-electron chi connectivity index (χ0n) is 13.0. The number of para-hydroxylation sites is 1. The summed E-state index contributed by atoms with van der Waals surface area (Å²) in [6.45, 7) is 1.38. The number of rotatable bonds is 5. The van der Waals surface area contributed by atoms with Gasteiger partial charge in [-0.3, -0.25) is 9.10 Å². The van der Waals surface area contributed by atoms with Crippen molar-refractivity contribution in [3.8, 4) is 0 Å². The van der Waals surface area contributed by atoms with Crippen molar-refractivity contribution in [3.63, 3.8) is 0 Å². The first-order valence-electron chi connectivity index (χ1n) is 7.00. The first kappa shape index (κ1) is 17.9. The van der Waals surface area contributed by atoms with Crippen molar-refractivity contribution in [1.29, 1.82) is 0 Å². The summed E-state index contributed by atoms with van der Waals surface area (Å²) in [6, 6.07) is 9.64. The molecule has 8 heteroatoms. The molecular weight excluding hydrogens is 338 g/mol. The second kappa shape index (κ2) is 6.96. The van der Waals surface area contributed by atoms with Crippen LogP contribution < -0.4 is 9.62 Å². The van der Waals surface area contributed by atoms with E-state index in [1.54, 1.807) is 30.3 Å². The molecule has 0 aliphatic rings. The summed E-state index contributed by atoms with van der Waals surface area (Å²) in [5.41, 5.74) is 0.0805. The van der Waals surface area contributed by atoms with Gasteiger partial charge in [0.1, 0.15) is 17.7 Å². The molecule has 0 saturated heterocycles. The minimum absolute atomic E-state index is 0.227. The van der Waals surface area contributed by atoms with Gasteiger partial charge in [0, 0.05) is 6.07 Å². The molecule has 1 amide bonds. The van der Waals surface area contributed by atoms with E-state index in [-0.39, 0.29) is 5.69 Å². The van der Waals surface area contributed by atoms with Crippen LogP contribution in [0.15, 0.2) is 48.5 Å². The third-order valence-corrected chi connectivity index (χ3v) is 4.53. The lowest BCUT2D eigenvalue weighted by atomic mass is 10.2. The number of anilines is 2.